The van der Waals surface area contributed by atoms with Crippen molar-refractivity contribution in [2.24, 2.45) is 0 Å². The van der Waals surface area contributed by atoms with Crippen LogP contribution in [-0.4, -0.2) is 6.04 Å². The van der Waals surface area contributed by atoms with Gasteiger partial charge in [-0.15, -0.1) is 11.3 Å². The van der Waals surface area contributed by atoms with Gasteiger partial charge in [-0.2, -0.15) is 0 Å². The minimum Gasteiger partial charge on any atom is -0.307 e. The van der Waals surface area contributed by atoms with Crippen molar-refractivity contribution in [3.8, 4) is 0 Å². The van der Waals surface area contributed by atoms with E-state index >= 15 is 0 Å². The lowest BCUT2D eigenvalue weighted by Crippen LogP contribution is -2.29. The van der Waals surface area contributed by atoms with E-state index in [-0.39, 0.29) is 0 Å². The van der Waals surface area contributed by atoms with Gasteiger partial charge in [0.1, 0.15) is 0 Å². The average Bonchev–Trinajstić information content (AvgIpc) is 2.74. The predicted molar refractivity (Wildman–Crippen MR) is 69.6 cm³/mol. The average molecular weight is 225 g/mol. The Hall–Kier alpha value is -0.340. The smallest absolute Gasteiger partial charge is 0.0388 e. The van der Waals surface area contributed by atoms with Gasteiger partial charge in [-0.1, -0.05) is 20.8 Å². The molecule has 1 unspecified atom stereocenters. The Balaban J connectivity index is 2.55. The molecule has 1 heterocycles. The summed E-state index contributed by atoms with van der Waals surface area (Å²) in [6, 6.07) is 5.68. The van der Waals surface area contributed by atoms with E-state index < -0.39 is 0 Å². The second kappa shape index (κ2) is 6.29. The lowest BCUT2D eigenvalue weighted by molar-refractivity contribution is 0.436. The highest BCUT2D eigenvalue weighted by Crippen LogP contribution is 2.24. The van der Waals surface area contributed by atoms with Crippen LogP contribution in [-0.2, 0) is 6.42 Å². The number of nitrogens with one attached hydrogen (secondary N) is 1. The number of rotatable bonds is 6. The van der Waals surface area contributed by atoms with Gasteiger partial charge in [0.15, 0.2) is 0 Å². The molecule has 0 radical (unpaired) electrons. The van der Waals surface area contributed by atoms with E-state index in [1.165, 1.54) is 22.6 Å². The van der Waals surface area contributed by atoms with E-state index in [0.29, 0.717) is 12.1 Å². The van der Waals surface area contributed by atoms with Crippen molar-refractivity contribution in [1.29, 1.82) is 0 Å². The minimum absolute atomic E-state index is 0.500. The molecule has 1 atom stereocenters. The lowest BCUT2D eigenvalue weighted by atomic mass is 10.1. The Kier molecular flexibility index (Phi) is 5.34. The third-order valence-electron chi connectivity index (χ3n) is 2.93. The molecule has 1 nitrogen and oxygen atoms in total. The van der Waals surface area contributed by atoms with Crippen LogP contribution in [0.2, 0.25) is 0 Å². The van der Waals surface area contributed by atoms with Gasteiger partial charge in [0.25, 0.3) is 0 Å². The van der Waals surface area contributed by atoms with Crippen molar-refractivity contribution in [3.05, 3.63) is 21.9 Å². The van der Waals surface area contributed by atoms with Crippen molar-refractivity contribution in [3.63, 3.8) is 0 Å². The highest BCUT2D eigenvalue weighted by molar-refractivity contribution is 7.12. The van der Waals surface area contributed by atoms with Gasteiger partial charge in [0.2, 0.25) is 0 Å². The Morgan fingerprint density at radius 1 is 1.20 bits per heavy atom. The number of hydrogen-bond donors (Lipinski definition) is 1. The molecule has 0 fully saturated rings. The largest absolute Gasteiger partial charge is 0.307 e. The fourth-order valence-electron chi connectivity index (χ4n) is 1.78. The second-order valence-electron chi connectivity index (χ2n) is 4.06. The summed E-state index contributed by atoms with van der Waals surface area (Å²) < 4.78 is 0. The van der Waals surface area contributed by atoms with Gasteiger partial charge < -0.3 is 5.32 Å². The summed E-state index contributed by atoms with van der Waals surface area (Å²) in [5.74, 6) is 0. The van der Waals surface area contributed by atoms with Crippen LogP contribution in [0.15, 0.2) is 12.1 Å². The van der Waals surface area contributed by atoms with Crippen LogP contribution in [0, 0.1) is 0 Å². The standard InChI is InChI=1S/C13H23NS/c1-5-11(6-2)14-10(4)13-9-8-12(7-3)15-13/h8-11,14H,5-7H2,1-4H3. The molecular weight excluding hydrogens is 202 g/mol. The first kappa shape index (κ1) is 12.7. The van der Waals surface area contributed by atoms with Crippen molar-refractivity contribution in [2.75, 3.05) is 0 Å². The molecule has 1 rings (SSSR count). The van der Waals surface area contributed by atoms with E-state index in [1.807, 2.05) is 11.3 Å². The summed E-state index contributed by atoms with van der Waals surface area (Å²) >= 11 is 1.94. The molecule has 15 heavy (non-hydrogen) atoms. The number of thiophene rings is 1. The lowest BCUT2D eigenvalue weighted by Gasteiger charge is -2.20. The fourth-order valence-corrected chi connectivity index (χ4v) is 2.74. The van der Waals surface area contributed by atoms with Crippen molar-refractivity contribution in [2.45, 2.75) is 59.0 Å². The van der Waals surface area contributed by atoms with Gasteiger partial charge in [0, 0.05) is 21.8 Å². The van der Waals surface area contributed by atoms with E-state index in [9.17, 15) is 0 Å². The summed E-state index contributed by atoms with van der Waals surface area (Å²) in [5.41, 5.74) is 0. The molecule has 0 amide bonds. The Bertz CT molecular complexity index is 276. The van der Waals surface area contributed by atoms with Crippen LogP contribution in [0.3, 0.4) is 0 Å². The van der Waals surface area contributed by atoms with Crippen LogP contribution in [0.1, 0.15) is 56.3 Å². The van der Waals surface area contributed by atoms with Crippen LogP contribution in [0.25, 0.3) is 0 Å². The normalized spacial score (nSPS) is 13.4. The first-order valence-electron chi connectivity index (χ1n) is 6.05. The van der Waals surface area contributed by atoms with Crippen molar-refractivity contribution >= 4 is 11.3 Å². The summed E-state index contributed by atoms with van der Waals surface area (Å²) in [6.07, 6.45) is 3.59. The third kappa shape index (κ3) is 3.62. The van der Waals surface area contributed by atoms with Crippen molar-refractivity contribution < 1.29 is 0 Å². The second-order valence-corrected chi connectivity index (χ2v) is 5.26. The first-order valence-corrected chi connectivity index (χ1v) is 6.87. The number of aryl methyl sites for hydroxylation is 1. The molecule has 0 bridgehead atoms. The molecule has 1 N–H and O–H groups in total. The zero-order valence-corrected chi connectivity index (χ0v) is 11.2. The quantitative estimate of drug-likeness (QED) is 0.767. The Labute approximate surface area is 97.9 Å². The van der Waals surface area contributed by atoms with E-state index in [1.54, 1.807) is 0 Å². The highest BCUT2D eigenvalue weighted by Gasteiger charge is 2.11. The molecule has 1 aromatic heterocycles. The highest BCUT2D eigenvalue weighted by atomic mass is 32.1. The van der Waals surface area contributed by atoms with Crippen LogP contribution < -0.4 is 5.32 Å². The number of hydrogen-bond acceptors (Lipinski definition) is 2. The van der Waals surface area contributed by atoms with Crippen LogP contribution in [0.4, 0.5) is 0 Å². The zero-order chi connectivity index (χ0) is 11.3. The molecule has 0 aliphatic heterocycles. The Morgan fingerprint density at radius 2 is 1.87 bits per heavy atom. The molecule has 0 aliphatic carbocycles. The van der Waals surface area contributed by atoms with Crippen LogP contribution in [0.5, 0.6) is 0 Å². The Morgan fingerprint density at radius 3 is 2.33 bits per heavy atom. The maximum Gasteiger partial charge on any atom is 0.0388 e. The molecule has 1 aromatic rings. The summed E-state index contributed by atoms with van der Waals surface area (Å²) in [4.78, 5) is 2.96. The third-order valence-corrected chi connectivity index (χ3v) is 4.34. The zero-order valence-electron chi connectivity index (χ0n) is 10.3. The maximum absolute atomic E-state index is 3.68. The molecule has 0 aromatic carbocycles. The topological polar surface area (TPSA) is 12.0 Å². The van der Waals surface area contributed by atoms with Crippen LogP contribution >= 0.6 is 11.3 Å². The summed E-state index contributed by atoms with van der Waals surface area (Å²) in [6.45, 7) is 8.98. The molecule has 0 saturated heterocycles. The SMILES string of the molecule is CCc1ccc(C(C)NC(CC)CC)s1. The van der Waals surface area contributed by atoms with E-state index in [2.05, 4.69) is 45.1 Å². The maximum atomic E-state index is 3.68. The summed E-state index contributed by atoms with van der Waals surface area (Å²) in [5, 5.41) is 3.68. The molecule has 86 valence electrons. The van der Waals surface area contributed by atoms with Gasteiger partial charge in [-0.05, 0) is 38.3 Å². The molecule has 2 heteroatoms. The van der Waals surface area contributed by atoms with E-state index in [4.69, 9.17) is 0 Å². The van der Waals surface area contributed by atoms with Gasteiger partial charge in [0.05, 0.1) is 0 Å². The predicted octanol–water partition coefficient (Wildman–Crippen LogP) is 4.15. The van der Waals surface area contributed by atoms with Gasteiger partial charge in [-0.25, -0.2) is 0 Å². The van der Waals surface area contributed by atoms with Gasteiger partial charge >= 0.3 is 0 Å². The van der Waals surface area contributed by atoms with Crippen molar-refractivity contribution in [1.82, 2.24) is 5.32 Å². The molecule has 0 spiro atoms. The van der Waals surface area contributed by atoms with E-state index in [0.717, 1.165) is 6.42 Å². The summed E-state index contributed by atoms with van der Waals surface area (Å²) in [7, 11) is 0. The van der Waals surface area contributed by atoms with Gasteiger partial charge in [-0.3, -0.25) is 0 Å². The monoisotopic (exact) mass is 225 g/mol. The minimum atomic E-state index is 0.500. The molecular formula is C13H23NS. The molecule has 0 aliphatic rings. The first-order chi connectivity index (χ1) is 7.21. The fraction of sp³-hybridized carbons (Fsp3) is 0.692. The molecule has 0 saturated carbocycles.